The van der Waals surface area contributed by atoms with Crippen LogP contribution in [0.25, 0.3) is 5.69 Å². The molecule has 1 fully saturated rings. The van der Waals surface area contributed by atoms with Crippen LogP contribution in [0.4, 0.5) is 5.69 Å². The van der Waals surface area contributed by atoms with E-state index in [1.54, 1.807) is 17.4 Å². The number of rotatable bonds is 6. The second-order valence-electron chi connectivity index (χ2n) is 7.72. The molecule has 2 heterocycles. The molecule has 1 aliphatic rings. The topological polar surface area (TPSA) is 67.2 Å². The van der Waals surface area contributed by atoms with Gasteiger partial charge in [-0.2, -0.15) is 0 Å². The van der Waals surface area contributed by atoms with Gasteiger partial charge in [0.1, 0.15) is 0 Å². The summed E-state index contributed by atoms with van der Waals surface area (Å²) < 4.78 is 1.93. The van der Waals surface area contributed by atoms with Crippen LogP contribution < -0.4 is 10.2 Å². The lowest BCUT2D eigenvalue weighted by Gasteiger charge is -2.19. The van der Waals surface area contributed by atoms with Gasteiger partial charge in [0.2, 0.25) is 11.8 Å². The maximum atomic E-state index is 12.8. The van der Waals surface area contributed by atoms with Gasteiger partial charge < -0.3 is 14.8 Å². The van der Waals surface area contributed by atoms with E-state index in [9.17, 15) is 9.59 Å². The monoisotopic (exact) mass is 402 g/mol. The number of imidazole rings is 1. The minimum Gasteiger partial charge on any atom is -0.349 e. The molecule has 1 N–H and O–H groups in total. The first-order valence-electron chi connectivity index (χ1n) is 10.3. The number of nitrogens with one attached hydrogen (secondary N) is 1. The molecule has 2 aromatic carbocycles. The van der Waals surface area contributed by atoms with Gasteiger partial charge in [-0.1, -0.05) is 31.2 Å². The zero-order valence-electron chi connectivity index (χ0n) is 17.3. The van der Waals surface area contributed by atoms with Crippen molar-refractivity contribution in [2.24, 2.45) is 5.92 Å². The molecule has 6 nitrogen and oxygen atoms in total. The maximum absolute atomic E-state index is 12.8. The van der Waals surface area contributed by atoms with Crippen LogP contribution in [-0.2, 0) is 16.0 Å². The van der Waals surface area contributed by atoms with Gasteiger partial charge in [0, 0.05) is 36.7 Å². The third-order valence-corrected chi connectivity index (χ3v) is 5.71. The lowest BCUT2D eigenvalue weighted by atomic mass is 10.0. The van der Waals surface area contributed by atoms with Crippen LogP contribution in [0.5, 0.6) is 0 Å². The summed E-state index contributed by atoms with van der Waals surface area (Å²) >= 11 is 0. The van der Waals surface area contributed by atoms with Crippen molar-refractivity contribution in [3.63, 3.8) is 0 Å². The Balaban J connectivity index is 1.38. The number of carbonyl (C=O) groups excluding carboxylic acids is 2. The van der Waals surface area contributed by atoms with Gasteiger partial charge in [-0.05, 0) is 48.7 Å². The highest BCUT2D eigenvalue weighted by atomic mass is 16.2. The number of aromatic nitrogens is 2. The lowest BCUT2D eigenvalue weighted by molar-refractivity contribution is -0.126. The molecular formula is C24H26N4O2. The molecule has 0 aliphatic carbocycles. The van der Waals surface area contributed by atoms with Gasteiger partial charge >= 0.3 is 0 Å². The van der Waals surface area contributed by atoms with Crippen LogP contribution in [0.1, 0.15) is 37.4 Å². The fourth-order valence-electron chi connectivity index (χ4n) is 3.81. The van der Waals surface area contributed by atoms with E-state index in [2.05, 4.69) is 17.2 Å². The number of carbonyl (C=O) groups is 2. The first kappa shape index (κ1) is 19.9. The highest BCUT2D eigenvalue weighted by molar-refractivity contribution is 6.00. The van der Waals surface area contributed by atoms with Crippen molar-refractivity contribution in [1.29, 1.82) is 0 Å². The number of benzene rings is 2. The summed E-state index contributed by atoms with van der Waals surface area (Å²) in [7, 11) is 0. The Bertz CT molecular complexity index is 1010. The number of amides is 2. The zero-order chi connectivity index (χ0) is 21.1. The molecule has 4 rings (SSSR count). The molecule has 0 saturated carbocycles. The number of hydrogen-bond donors (Lipinski definition) is 1. The average Bonchev–Trinajstić information content (AvgIpc) is 3.44. The Hall–Kier alpha value is -3.41. The third kappa shape index (κ3) is 4.13. The predicted molar refractivity (Wildman–Crippen MR) is 116 cm³/mol. The molecule has 154 valence electrons. The first-order valence-corrected chi connectivity index (χ1v) is 10.3. The van der Waals surface area contributed by atoms with Crippen molar-refractivity contribution in [2.75, 3.05) is 11.4 Å². The Morgan fingerprint density at radius 1 is 1.13 bits per heavy atom. The van der Waals surface area contributed by atoms with Crippen LogP contribution in [0, 0.1) is 5.92 Å². The Labute approximate surface area is 176 Å². The summed E-state index contributed by atoms with van der Waals surface area (Å²) in [4.78, 5) is 31.1. The number of anilines is 1. The van der Waals surface area contributed by atoms with Crippen molar-refractivity contribution >= 4 is 17.5 Å². The fourth-order valence-corrected chi connectivity index (χ4v) is 3.81. The SMILES string of the molecule is CCc1ccc(N2C[C@@H](C(=O)N[C@@H](C)c3ccc(-n4ccnc4)cc3)CC2=O)cc1. The minimum absolute atomic E-state index is 0.00302. The van der Waals surface area contributed by atoms with Crippen LogP contribution in [-0.4, -0.2) is 27.9 Å². The molecule has 6 heteroatoms. The van der Waals surface area contributed by atoms with E-state index in [0.717, 1.165) is 23.4 Å². The molecule has 2 atom stereocenters. The highest BCUT2D eigenvalue weighted by Gasteiger charge is 2.35. The molecule has 3 aromatic rings. The van der Waals surface area contributed by atoms with Gasteiger partial charge in [-0.15, -0.1) is 0 Å². The molecule has 0 unspecified atom stereocenters. The summed E-state index contributed by atoms with van der Waals surface area (Å²) in [5.74, 6) is -0.421. The van der Waals surface area contributed by atoms with Crippen LogP contribution in [0.15, 0.2) is 67.3 Å². The van der Waals surface area contributed by atoms with E-state index in [1.807, 2.05) is 66.2 Å². The minimum atomic E-state index is -0.337. The van der Waals surface area contributed by atoms with E-state index in [1.165, 1.54) is 5.56 Å². The van der Waals surface area contributed by atoms with Crippen LogP contribution >= 0.6 is 0 Å². The summed E-state index contributed by atoms with van der Waals surface area (Å²) in [6.07, 6.45) is 6.58. The van der Waals surface area contributed by atoms with E-state index in [-0.39, 0.29) is 30.2 Å². The van der Waals surface area contributed by atoms with Gasteiger partial charge in [0.05, 0.1) is 18.3 Å². The Morgan fingerprint density at radius 2 is 1.83 bits per heavy atom. The lowest BCUT2D eigenvalue weighted by Crippen LogP contribution is -2.34. The average molecular weight is 402 g/mol. The van der Waals surface area contributed by atoms with Crippen molar-refractivity contribution in [3.8, 4) is 5.69 Å². The van der Waals surface area contributed by atoms with E-state index < -0.39 is 0 Å². The quantitative estimate of drug-likeness (QED) is 0.684. The second kappa shape index (κ2) is 8.53. The molecule has 2 amide bonds. The smallest absolute Gasteiger partial charge is 0.227 e. The van der Waals surface area contributed by atoms with Gasteiger partial charge in [-0.3, -0.25) is 9.59 Å². The summed E-state index contributed by atoms with van der Waals surface area (Å²) in [5, 5.41) is 3.07. The fraction of sp³-hybridized carbons (Fsp3) is 0.292. The summed E-state index contributed by atoms with van der Waals surface area (Å²) in [5.41, 5.74) is 4.12. The van der Waals surface area contributed by atoms with E-state index in [0.29, 0.717) is 6.54 Å². The van der Waals surface area contributed by atoms with Crippen LogP contribution in [0.3, 0.4) is 0 Å². The predicted octanol–water partition coefficient (Wildman–Crippen LogP) is 3.67. The number of hydrogen-bond acceptors (Lipinski definition) is 3. The van der Waals surface area contributed by atoms with E-state index in [4.69, 9.17) is 0 Å². The standard InChI is InChI=1S/C24H26N4O2/c1-3-18-4-8-22(9-5-18)28-15-20(14-23(28)29)24(30)26-17(2)19-6-10-21(11-7-19)27-13-12-25-16-27/h4-13,16-17,20H,3,14-15H2,1-2H3,(H,26,30)/t17-,20-/m0/s1. The summed E-state index contributed by atoms with van der Waals surface area (Å²) in [6, 6.07) is 15.9. The summed E-state index contributed by atoms with van der Waals surface area (Å²) in [6.45, 7) is 4.48. The van der Waals surface area contributed by atoms with Crippen molar-refractivity contribution in [1.82, 2.24) is 14.9 Å². The van der Waals surface area contributed by atoms with Crippen molar-refractivity contribution in [2.45, 2.75) is 32.7 Å². The van der Waals surface area contributed by atoms with Gasteiger partial charge in [0.25, 0.3) is 0 Å². The van der Waals surface area contributed by atoms with Gasteiger partial charge in [-0.25, -0.2) is 4.98 Å². The van der Waals surface area contributed by atoms with Crippen molar-refractivity contribution in [3.05, 3.63) is 78.4 Å². The third-order valence-electron chi connectivity index (χ3n) is 5.71. The maximum Gasteiger partial charge on any atom is 0.227 e. The molecule has 30 heavy (non-hydrogen) atoms. The van der Waals surface area contributed by atoms with E-state index >= 15 is 0 Å². The number of aryl methyl sites for hydroxylation is 1. The molecule has 0 spiro atoms. The normalized spacial score (nSPS) is 17.2. The Kier molecular flexibility index (Phi) is 5.65. The molecule has 0 radical (unpaired) electrons. The molecular weight excluding hydrogens is 376 g/mol. The molecule has 0 bridgehead atoms. The largest absolute Gasteiger partial charge is 0.349 e. The Morgan fingerprint density at radius 3 is 2.47 bits per heavy atom. The molecule has 1 aliphatic heterocycles. The first-order chi connectivity index (χ1) is 14.5. The van der Waals surface area contributed by atoms with Crippen LogP contribution in [0.2, 0.25) is 0 Å². The zero-order valence-corrected chi connectivity index (χ0v) is 17.3. The van der Waals surface area contributed by atoms with Gasteiger partial charge in [0.15, 0.2) is 0 Å². The second-order valence-corrected chi connectivity index (χ2v) is 7.72. The van der Waals surface area contributed by atoms with Crippen molar-refractivity contribution < 1.29 is 9.59 Å². The molecule has 1 aromatic heterocycles. The highest BCUT2D eigenvalue weighted by Crippen LogP contribution is 2.26. The molecule has 1 saturated heterocycles. The number of nitrogens with zero attached hydrogens (tertiary/aromatic N) is 3.